The Morgan fingerprint density at radius 1 is 1.16 bits per heavy atom. The Morgan fingerprint density at radius 3 is 2.47 bits per heavy atom. The minimum absolute atomic E-state index is 0.243. The molecule has 0 aromatic carbocycles. The fourth-order valence-corrected chi connectivity index (χ4v) is 3.37. The molecule has 1 saturated carbocycles. The molecule has 0 radical (unpaired) electrons. The van der Waals surface area contributed by atoms with Crippen molar-refractivity contribution in [2.24, 2.45) is 17.8 Å². The van der Waals surface area contributed by atoms with Gasteiger partial charge in [0.2, 0.25) is 0 Å². The van der Waals surface area contributed by atoms with Gasteiger partial charge in [0, 0.05) is 19.3 Å². The van der Waals surface area contributed by atoms with E-state index in [-0.39, 0.29) is 5.54 Å². The molecule has 1 N–H and O–H groups in total. The first kappa shape index (κ1) is 17.0. The van der Waals surface area contributed by atoms with E-state index in [2.05, 4.69) is 33.0 Å². The van der Waals surface area contributed by atoms with Crippen LogP contribution in [0.25, 0.3) is 0 Å². The van der Waals surface area contributed by atoms with Gasteiger partial charge in [0.25, 0.3) is 0 Å². The zero-order valence-corrected chi connectivity index (χ0v) is 13.8. The van der Waals surface area contributed by atoms with Gasteiger partial charge in [-0.2, -0.15) is 0 Å². The molecule has 3 atom stereocenters. The van der Waals surface area contributed by atoms with Crippen LogP contribution in [0.3, 0.4) is 0 Å². The number of rotatable bonds is 6. The van der Waals surface area contributed by atoms with E-state index < -0.39 is 0 Å². The molecule has 0 aliphatic heterocycles. The van der Waals surface area contributed by atoms with Crippen molar-refractivity contribution in [2.75, 3.05) is 20.3 Å². The number of methoxy groups -OCH3 is 1. The summed E-state index contributed by atoms with van der Waals surface area (Å²) in [6, 6.07) is 0. The molecule has 1 aliphatic carbocycles. The van der Waals surface area contributed by atoms with Crippen LogP contribution in [-0.2, 0) is 4.74 Å². The molecule has 0 aromatic heterocycles. The second kappa shape index (κ2) is 8.26. The summed E-state index contributed by atoms with van der Waals surface area (Å²) >= 11 is 0. The topological polar surface area (TPSA) is 21.3 Å². The molecule has 1 aliphatic rings. The number of hydrogen-bond donors (Lipinski definition) is 1. The van der Waals surface area contributed by atoms with E-state index in [0.29, 0.717) is 0 Å². The summed E-state index contributed by atoms with van der Waals surface area (Å²) in [7, 11) is 1.82. The van der Waals surface area contributed by atoms with Gasteiger partial charge in [-0.15, -0.1) is 0 Å². The molecule has 2 nitrogen and oxygen atoms in total. The third-order valence-corrected chi connectivity index (χ3v) is 4.62. The highest BCUT2D eigenvalue weighted by molar-refractivity contribution is 4.82. The van der Waals surface area contributed by atoms with Crippen molar-refractivity contribution in [3.63, 3.8) is 0 Å². The van der Waals surface area contributed by atoms with E-state index in [1.54, 1.807) is 0 Å². The second-order valence-corrected chi connectivity index (χ2v) is 7.45. The highest BCUT2D eigenvalue weighted by Crippen LogP contribution is 2.35. The van der Waals surface area contributed by atoms with Crippen LogP contribution in [0.15, 0.2) is 0 Å². The normalized spacial score (nSPS) is 27.0. The average molecular weight is 269 g/mol. The van der Waals surface area contributed by atoms with E-state index in [9.17, 15) is 0 Å². The Morgan fingerprint density at radius 2 is 1.84 bits per heavy atom. The van der Waals surface area contributed by atoms with Crippen LogP contribution in [0.2, 0.25) is 0 Å². The van der Waals surface area contributed by atoms with Gasteiger partial charge >= 0.3 is 0 Å². The van der Waals surface area contributed by atoms with Crippen molar-refractivity contribution in [1.82, 2.24) is 5.32 Å². The monoisotopic (exact) mass is 269 g/mol. The molecule has 3 unspecified atom stereocenters. The predicted octanol–water partition coefficient (Wildman–Crippen LogP) is 4.24. The van der Waals surface area contributed by atoms with E-state index in [1.165, 1.54) is 45.1 Å². The van der Waals surface area contributed by atoms with Gasteiger partial charge in [-0.25, -0.2) is 0 Å². The molecule has 0 saturated heterocycles. The summed E-state index contributed by atoms with van der Waals surface area (Å²) in [6.45, 7) is 11.3. The smallest absolute Gasteiger partial charge is 0.0464 e. The summed E-state index contributed by atoms with van der Waals surface area (Å²) in [5, 5.41) is 3.73. The lowest BCUT2D eigenvalue weighted by Gasteiger charge is -2.33. The second-order valence-electron chi connectivity index (χ2n) is 7.45. The number of nitrogens with one attached hydrogen (secondary N) is 1. The highest BCUT2D eigenvalue weighted by atomic mass is 16.5. The minimum atomic E-state index is 0.243. The van der Waals surface area contributed by atoms with Crippen LogP contribution in [0.5, 0.6) is 0 Å². The first-order valence-electron chi connectivity index (χ1n) is 8.18. The van der Waals surface area contributed by atoms with Crippen LogP contribution >= 0.6 is 0 Å². The maximum atomic E-state index is 5.27. The van der Waals surface area contributed by atoms with Gasteiger partial charge in [-0.05, 0) is 64.3 Å². The van der Waals surface area contributed by atoms with E-state index in [4.69, 9.17) is 4.74 Å². The fraction of sp³-hybridized carbons (Fsp3) is 1.00. The Kier molecular flexibility index (Phi) is 7.38. The summed E-state index contributed by atoms with van der Waals surface area (Å²) in [5.74, 6) is 2.53. The molecular formula is C17H35NO. The average Bonchev–Trinajstić information content (AvgIpc) is 2.57. The molecule has 1 rings (SSSR count). The number of hydrogen-bond acceptors (Lipinski definition) is 2. The van der Waals surface area contributed by atoms with Crippen LogP contribution < -0.4 is 5.32 Å². The Hall–Kier alpha value is -0.0800. The first-order valence-corrected chi connectivity index (χ1v) is 8.18. The molecule has 0 amide bonds. The van der Waals surface area contributed by atoms with Crippen molar-refractivity contribution in [2.45, 2.75) is 71.8 Å². The summed E-state index contributed by atoms with van der Waals surface area (Å²) in [4.78, 5) is 0. The SMILES string of the molecule is COCCC(C)C1CCCCCC1CNC(C)(C)C. The molecule has 2 heteroatoms. The molecule has 1 fully saturated rings. The van der Waals surface area contributed by atoms with Crippen molar-refractivity contribution >= 4 is 0 Å². The summed E-state index contributed by atoms with van der Waals surface area (Å²) < 4.78 is 5.27. The van der Waals surface area contributed by atoms with Gasteiger partial charge < -0.3 is 10.1 Å². The van der Waals surface area contributed by atoms with Gasteiger partial charge in [-0.1, -0.05) is 26.2 Å². The molecule has 0 bridgehead atoms. The van der Waals surface area contributed by atoms with E-state index >= 15 is 0 Å². The quantitative estimate of drug-likeness (QED) is 0.728. The zero-order chi connectivity index (χ0) is 14.3. The molecular weight excluding hydrogens is 234 g/mol. The third-order valence-electron chi connectivity index (χ3n) is 4.62. The predicted molar refractivity (Wildman–Crippen MR) is 83.5 cm³/mol. The lowest BCUT2D eigenvalue weighted by Crippen LogP contribution is -2.41. The summed E-state index contributed by atoms with van der Waals surface area (Å²) in [6.07, 6.45) is 8.32. The Bertz CT molecular complexity index is 234. The van der Waals surface area contributed by atoms with Crippen LogP contribution in [0, 0.1) is 17.8 Å². The third kappa shape index (κ3) is 6.76. The van der Waals surface area contributed by atoms with Crippen molar-refractivity contribution in [3.8, 4) is 0 Å². The van der Waals surface area contributed by atoms with Crippen molar-refractivity contribution in [3.05, 3.63) is 0 Å². The minimum Gasteiger partial charge on any atom is -0.385 e. The van der Waals surface area contributed by atoms with E-state index in [0.717, 1.165) is 24.4 Å². The first-order chi connectivity index (χ1) is 8.94. The Labute approximate surface area is 120 Å². The standard InChI is InChI=1S/C17H35NO/c1-14(11-12-19-5)16-10-8-6-7-9-15(16)13-18-17(2,3)4/h14-16,18H,6-13H2,1-5H3. The molecule has 0 aromatic rings. The maximum absolute atomic E-state index is 5.27. The molecule has 114 valence electrons. The van der Waals surface area contributed by atoms with Gasteiger partial charge in [-0.3, -0.25) is 0 Å². The largest absolute Gasteiger partial charge is 0.385 e. The highest BCUT2D eigenvalue weighted by Gasteiger charge is 2.28. The molecule has 0 spiro atoms. The maximum Gasteiger partial charge on any atom is 0.0464 e. The fourth-order valence-electron chi connectivity index (χ4n) is 3.37. The molecule has 19 heavy (non-hydrogen) atoms. The van der Waals surface area contributed by atoms with Crippen molar-refractivity contribution in [1.29, 1.82) is 0 Å². The van der Waals surface area contributed by atoms with Gasteiger partial charge in [0.15, 0.2) is 0 Å². The van der Waals surface area contributed by atoms with Gasteiger partial charge in [0.05, 0.1) is 0 Å². The lowest BCUT2D eigenvalue weighted by molar-refractivity contribution is 0.138. The zero-order valence-electron chi connectivity index (χ0n) is 13.8. The molecule has 0 heterocycles. The van der Waals surface area contributed by atoms with Crippen molar-refractivity contribution < 1.29 is 4.74 Å². The van der Waals surface area contributed by atoms with Gasteiger partial charge in [0.1, 0.15) is 0 Å². The van der Waals surface area contributed by atoms with E-state index in [1.807, 2.05) is 7.11 Å². The number of ether oxygens (including phenoxy) is 1. The Balaban J connectivity index is 2.55. The van der Waals surface area contributed by atoms with Crippen LogP contribution in [-0.4, -0.2) is 25.8 Å². The lowest BCUT2D eigenvalue weighted by atomic mass is 9.77. The van der Waals surface area contributed by atoms with Crippen LogP contribution in [0.4, 0.5) is 0 Å². The van der Waals surface area contributed by atoms with Crippen LogP contribution in [0.1, 0.15) is 66.2 Å². The summed E-state index contributed by atoms with van der Waals surface area (Å²) in [5.41, 5.74) is 0.243.